The van der Waals surface area contributed by atoms with Gasteiger partial charge in [-0.15, -0.1) is 11.8 Å². The molecule has 136 valence electrons. The highest BCUT2D eigenvalue weighted by atomic mass is 32.2. The highest BCUT2D eigenvalue weighted by molar-refractivity contribution is 8.00. The first-order valence-corrected chi connectivity index (χ1v) is 10.8. The second kappa shape index (κ2) is 7.48. The lowest BCUT2D eigenvalue weighted by Crippen LogP contribution is -2.30. The van der Waals surface area contributed by atoms with Crippen LogP contribution in [-0.2, 0) is 11.2 Å². The molecule has 1 saturated heterocycles. The van der Waals surface area contributed by atoms with Gasteiger partial charge in [0.25, 0.3) is 5.56 Å². The van der Waals surface area contributed by atoms with E-state index in [0.717, 1.165) is 48.6 Å². The number of hydrogen-bond donors (Lipinski definition) is 0. The van der Waals surface area contributed by atoms with Gasteiger partial charge in [-0.25, -0.2) is 4.98 Å². The predicted octanol–water partition coefficient (Wildman–Crippen LogP) is 2.98. The summed E-state index contributed by atoms with van der Waals surface area (Å²) in [7, 11) is 0. The van der Waals surface area contributed by atoms with Crippen LogP contribution in [-0.4, -0.2) is 44.5 Å². The number of benzene rings is 1. The van der Waals surface area contributed by atoms with Gasteiger partial charge in [-0.2, -0.15) is 0 Å². The maximum absolute atomic E-state index is 13.1. The lowest BCUT2D eigenvalue weighted by molar-refractivity contribution is -0.127. The van der Waals surface area contributed by atoms with E-state index in [1.165, 1.54) is 11.8 Å². The number of carbonyl (C=O) groups is 1. The van der Waals surface area contributed by atoms with E-state index in [9.17, 15) is 9.59 Å². The molecule has 2 aliphatic rings. The summed E-state index contributed by atoms with van der Waals surface area (Å²) in [5.41, 5.74) is 1.64. The van der Waals surface area contributed by atoms with Crippen molar-refractivity contribution in [2.24, 2.45) is 0 Å². The third-order valence-electron chi connectivity index (χ3n) is 4.68. The van der Waals surface area contributed by atoms with Gasteiger partial charge in [0, 0.05) is 24.8 Å². The first-order chi connectivity index (χ1) is 12.6. The average Bonchev–Trinajstić information content (AvgIpc) is 3.30. The molecule has 4 rings (SSSR count). The molecule has 1 aromatic heterocycles. The highest BCUT2D eigenvalue weighted by Gasteiger charge is 2.27. The van der Waals surface area contributed by atoms with E-state index in [1.807, 2.05) is 35.2 Å². The Bertz CT molecular complexity index is 876. The summed E-state index contributed by atoms with van der Waals surface area (Å²) in [4.78, 5) is 33.0. The second-order valence-corrected chi connectivity index (χ2v) is 9.05. The second-order valence-electron chi connectivity index (χ2n) is 6.66. The fourth-order valence-corrected chi connectivity index (χ4v) is 5.41. The number of likely N-dealkylation sites (tertiary alicyclic amines) is 1. The van der Waals surface area contributed by atoms with E-state index in [0.29, 0.717) is 16.2 Å². The Kier molecular flexibility index (Phi) is 5.09. The van der Waals surface area contributed by atoms with Crippen LogP contribution in [0, 0.1) is 0 Å². The van der Waals surface area contributed by atoms with Crippen LogP contribution in [0.25, 0.3) is 5.69 Å². The standard InChI is InChI=1S/C19H21N3O2S2/c1-13-11-15-17(26-13)18(24)22(14-7-3-2-4-8-14)19(20-15)25-12-16(23)21-9-5-6-10-21/h2-4,7-8,13H,5-6,9-12H2,1H3/t13-/m0/s1. The zero-order chi connectivity index (χ0) is 18.1. The van der Waals surface area contributed by atoms with Crippen LogP contribution in [0.2, 0.25) is 0 Å². The van der Waals surface area contributed by atoms with Gasteiger partial charge in [-0.3, -0.25) is 14.2 Å². The van der Waals surface area contributed by atoms with Crippen molar-refractivity contribution in [3.8, 4) is 5.69 Å². The Labute approximate surface area is 161 Å². The molecule has 0 spiro atoms. The van der Waals surface area contributed by atoms with Crippen LogP contribution in [0.5, 0.6) is 0 Å². The van der Waals surface area contributed by atoms with Crippen molar-refractivity contribution in [2.45, 2.75) is 41.5 Å². The Morgan fingerprint density at radius 2 is 2.00 bits per heavy atom. The highest BCUT2D eigenvalue weighted by Crippen LogP contribution is 2.34. The number of rotatable bonds is 4. The molecule has 1 amide bonds. The van der Waals surface area contributed by atoms with Crippen LogP contribution in [0.3, 0.4) is 0 Å². The van der Waals surface area contributed by atoms with E-state index in [2.05, 4.69) is 6.92 Å². The van der Waals surface area contributed by atoms with E-state index < -0.39 is 0 Å². The number of thioether (sulfide) groups is 2. The number of amides is 1. The molecule has 5 nitrogen and oxygen atoms in total. The molecule has 0 bridgehead atoms. The first-order valence-electron chi connectivity index (χ1n) is 8.92. The number of carbonyl (C=O) groups excluding carboxylic acids is 1. The van der Waals surface area contributed by atoms with Crippen molar-refractivity contribution in [3.63, 3.8) is 0 Å². The summed E-state index contributed by atoms with van der Waals surface area (Å²) < 4.78 is 1.66. The molecule has 0 aliphatic carbocycles. The fraction of sp³-hybridized carbons (Fsp3) is 0.421. The predicted molar refractivity (Wildman–Crippen MR) is 105 cm³/mol. The molecule has 0 unspecified atom stereocenters. The molecule has 2 aliphatic heterocycles. The van der Waals surface area contributed by atoms with Gasteiger partial charge in [0.05, 0.1) is 22.0 Å². The molecule has 7 heteroatoms. The Morgan fingerprint density at radius 1 is 1.27 bits per heavy atom. The number of para-hydroxylation sites is 1. The van der Waals surface area contributed by atoms with E-state index in [-0.39, 0.29) is 11.5 Å². The maximum Gasteiger partial charge on any atom is 0.272 e. The molecule has 26 heavy (non-hydrogen) atoms. The van der Waals surface area contributed by atoms with E-state index in [4.69, 9.17) is 4.98 Å². The number of aromatic nitrogens is 2. The minimum absolute atomic E-state index is 0.0216. The summed E-state index contributed by atoms with van der Waals surface area (Å²) >= 11 is 2.97. The molecular weight excluding hydrogens is 366 g/mol. The van der Waals surface area contributed by atoms with E-state index >= 15 is 0 Å². The van der Waals surface area contributed by atoms with Gasteiger partial charge >= 0.3 is 0 Å². The molecule has 0 radical (unpaired) electrons. The van der Waals surface area contributed by atoms with Crippen LogP contribution < -0.4 is 5.56 Å². The zero-order valence-corrected chi connectivity index (χ0v) is 16.3. The van der Waals surface area contributed by atoms with Crippen molar-refractivity contribution in [1.29, 1.82) is 0 Å². The van der Waals surface area contributed by atoms with Crippen molar-refractivity contribution in [1.82, 2.24) is 14.5 Å². The van der Waals surface area contributed by atoms with Gasteiger partial charge in [0.1, 0.15) is 0 Å². The molecule has 0 N–H and O–H groups in total. The molecule has 2 aromatic rings. The summed E-state index contributed by atoms with van der Waals surface area (Å²) in [6, 6.07) is 9.56. The monoisotopic (exact) mass is 387 g/mol. The largest absolute Gasteiger partial charge is 0.342 e. The van der Waals surface area contributed by atoms with Gasteiger partial charge in [-0.05, 0) is 25.0 Å². The van der Waals surface area contributed by atoms with Crippen molar-refractivity contribution in [3.05, 3.63) is 46.4 Å². The normalized spacial score (nSPS) is 19.0. The van der Waals surface area contributed by atoms with Crippen molar-refractivity contribution >= 4 is 29.4 Å². The van der Waals surface area contributed by atoms with Crippen molar-refractivity contribution in [2.75, 3.05) is 18.8 Å². The lowest BCUT2D eigenvalue weighted by Gasteiger charge is -2.16. The quantitative estimate of drug-likeness (QED) is 0.596. The van der Waals surface area contributed by atoms with Crippen molar-refractivity contribution < 1.29 is 4.79 Å². The Morgan fingerprint density at radius 3 is 2.73 bits per heavy atom. The molecule has 1 aromatic carbocycles. The summed E-state index contributed by atoms with van der Waals surface area (Å²) in [6.45, 7) is 3.80. The third kappa shape index (κ3) is 3.42. The molecule has 1 fully saturated rings. The third-order valence-corrected chi connectivity index (χ3v) is 6.82. The number of hydrogen-bond acceptors (Lipinski definition) is 5. The molecule has 1 atom stereocenters. The molecular formula is C19H21N3O2S2. The topological polar surface area (TPSA) is 55.2 Å². The minimum atomic E-state index is -0.0216. The van der Waals surface area contributed by atoms with Gasteiger partial charge in [-0.1, -0.05) is 36.9 Å². The van der Waals surface area contributed by atoms with Crippen LogP contribution in [0.15, 0.2) is 45.2 Å². The maximum atomic E-state index is 13.1. The van der Waals surface area contributed by atoms with Crippen LogP contribution in [0.4, 0.5) is 0 Å². The average molecular weight is 388 g/mol. The fourth-order valence-electron chi connectivity index (χ4n) is 3.39. The van der Waals surface area contributed by atoms with Gasteiger partial charge < -0.3 is 4.90 Å². The lowest BCUT2D eigenvalue weighted by atomic mass is 10.2. The van der Waals surface area contributed by atoms with Crippen LogP contribution in [0.1, 0.15) is 25.5 Å². The molecule has 0 saturated carbocycles. The number of nitrogens with zero attached hydrogens (tertiary/aromatic N) is 3. The minimum Gasteiger partial charge on any atom is -0.342 e. The SMILES string of the molecule is C[C@H]1Cc2nc(SCC(=O)N3CCCC3)n(-c3ccccc3)c(=O)c2S1. The first kappa shape index (κ1) is 17.7. The zero-order valence-electron chi connectivity index (χ0n) is 14.7. The van der Waals surface area contributed by atoms with Gasteiger partial charge in [0.2, 0.25) is 5.91 Å². The van der Waals surface area contributed by atoms with E-state index in [1.54, 1.807) is 16.3 Å². The van der Waals surface area contributed by atoms with Gasteiger partial charge in [0.15, 0.2) is 5.16 Å². The Balaban J connectivity index is 1.68. The van der Waals surface area contributed by atoms with Crippen LogP contribution >= 0.6 is 23.5 Å². The smallest absolute Gasteiger partial charge is 0.272 e. The molecule has 3 heterocycles. The number of fused-ring (bicyclic) bond motifs is 1. The summed E-state index contributed by atoms with van der Waals surface area (Å²) in [6.07, 6.45) is 2.97. The summed E-state index contributed by atoms with van der Waals surface area (Å²) in [5, 5.41) is 0.975. The summed E-state index contributed by atoms with van der Waals surface area (Å²) in [5.74, 6) is 0.449. The Hall–Kier alpha value is -1.73.